The second-order valence-electron chi connectivity index (χ2n) is 16.5. The highest BCUT2D eigenvalue weighted by molar-refractivity contribution is 6.77. The van der Waals surface area contributed by atoms with Crippen molar-refractivity contribution in [3.63, 3.8) is 0 Å². The van der Waals surface area contributed by atoms with Crippen LogP contribution in [-0.2, 0) is 32.6 Å². The van der Waals surface area contributed by atoms with Gasteiger partial charge in [0.25, 0.3) is 0 Å². The maximum atomic E-state index is 12.7. The van der Waals surface area contributed by atoms with Crippen LogP contribution in [0.4, 0.5) is 0 Å². The van der Waals surface area contributed by atoms with Crippen molar-refractivity contribution >= 4 is 22.6 Å². The van der Waals surface area contributed by atoms with Crippen LogP contribution in [0.1, 0.15) is 109 Å². The first kappa shape index (κ1) is 40.7. The van der Waals surface area contributed by atoms with Gasteiger partial charge in [-0.2, -0.15) is 0 Å². The van der Waals surface area contributed by atoms with Gasteiger partial charge in [0.05, 0.1) is 24.2 Å². The molecule has 0 unspecified atom stereocenters. The Kier molecular flexibility index (Phi) is 15.6. The molecular formula is C34H70O7Si2. The van der Waals surface area contributed by atoms with Crippen LogP contribution in [0.2, 0.25) is 34.8 Å². The number of methoxy groups -OCH3 is 2. The molecule has 0 spiro atoms. The monoisotopic (exact) mass is 646 g/mol. The summed E-state index contributed by atoms with van der Waals surface area (Å²) in [6.45, 7) is 34.2. The maximum absolute atomic E-state index is 12.7. The Morgan fingerprint density at radius 2 is 1.44 bits per heavy atom. The van der Waals surface area contributed by atoms with Crippen LogP contribution in [0.15, 0.2) is 0 Å². The predicted molar refractivity (Wildman–Crippen MR) is 182 cm³/mol. The van der Waals surface area contributed by atoms with E-state index in [1.165, 1.54) is 0 Å². The topological polar surface area (TPSA) is 72.5 Å². The molecule has 0 saturated carbocycles. The minimum atomic E-state index is -2.29. The van der Waals surface area contributed by atoms with Crippen molar-refractivity contribution in [3.05, 3.63) is 0 Å². The Balaban J connectivity index is 3.36. The van der Waals surface area contributed by atoms with E-state index >= 15 is 0 Å². The van der Waals surface area contributed by atoms with Crippen molar-refractivity contribution in [1.29, 1.82) is 0 Å². The molecule has 0 aliphatic carbocycles. The van der Waals surface area contributed by atoms with E-state index in [1.54, 1.807) is 14.2 Å². The third-order valence-corrected chi connectivity index (χ3v) is 20.7. The van der Waals surface area contributed by atoms with Gasteiger partial charge in [-0.1, -0.05) is 69.2 Å². The summed E-state index contributed by atoms with van der Waals surface area (Å²) in [6, 6.07) is 0. The lowest BCUT2D eigenvalue weighted by molar-refractivity contribution is -0.168. The summed E-state index contributed by atoms with van der Waals surface area (Å²) < 4.78 is 38.4. The van der Waals surface area contributed by atoms with E-state index in [0.717, 1.165) is 19.4 Å². The third kappa shape index (κ3) is 10.9. The average Bonchev–Trinajstić information content (AvgIpc) is 3.26. The molecule has 0 aromatic carbocycles. The third-order valence-electron chi connectivity index (χ3n) is 10.0. The molecule has 1 fully saturated rings. The van der Waals surface area contributed by atoms with Crippen molar-refractivity contribution in [3.8, 4) is 0 Å². The molecular weight excluding hydrogens is 577 g/mol. The average molecular weight is 647 g/mol. The number of hydrogen-bond donors (Lipinski definition) is 0. The van der Waals surface area contributed by atoms with E-state index in [1.807, 2.05) is 20.8 Å². The number of hydrogen-bond acceptors (Lipinski definition) is 7. The first-order valence-electron chi connectivity index (χ1n) is 16.7. The lowest BCUT2D eigenvalue weighted by Gasteiger charge is -2.47. The lowest BCUT2D eigenvalue weighted by Crippen LogP contribution is -2.55. The van der Waals surface area contributed by atoms with Gasteiger partial charge in [-0.25, -0.2) is 0 Å². The van der Waals surface area contributed by atoms with Crippen LogP contribution in [0.3, 0.4) is 0 Å². The molecule has 1 saturated heterocycles. The Morgan fingerprint density at radius 3 is 1.86 bits per heavy atom. The van der Waals surface area contributed by atoms with Gasteiger partial charge in [-0.15, -0.1) is 0 Å². The smallest absolute Gasteiger partial charge is 0.311 e. The maximum Gasteiger partial charge on any atom is 0.311 e. The Bertz CT molecular complexity index is 810. The first-order chi connectivity index (χ1) is 19.5. The van der Waals surface area contributed by atoms with E-state index in [2.05, 4.69) is 82.3 Å². The van der Waals surface area contributed by atoms with Gasteiger partial charge in [-0.3, -0.25) is 4.79 Å². The van der Waals surface area contributed by atoms with Crippen LogP contribution >= 0.6 is 0 Å². The van der Waals surface area contributed by atoms with Gasteiger partial charge in [0.2, 0.25) is 8.32 Å². The molecule has 7 nitrogen and oxygen atoms in total. The Labute approximate surface area is 268 Å². The van der Waals surface area contributed by atoms with Crippen molar-refractivity contribution in [1.82, 2.24) is 0 Å². The minimum absolute atomic E-state index is 0.175. The van der Waals surface area contributed by atoms with Crippen molar-refractivity contribution in [2.24, 2.45) is 17.3 Å². The van der Waals surface area contributed by atoms with E-state index in [4.69, 9.17) is 27.8 Å². The molecule has 43 heavy (non-hydrogen) atoms. The summed E-state index contributed by atoms with van der Waals surface area (Å²) in [4.78, 5) is 12.7. The molecule has 9 heteroatoms. The SMILES string of the molecule is CO[C@@H]1C[C@@H](C[C@@H](C)CO[Si](C)(C)C(C)(C)C)[C@@H]([C@@H](OC)[C@@H](CCOC(=O)C(C)(C)C)O[Si](C(C)C)(C(C)C)C(C)C)O1. The van der Waals surface area contributed by atoms with E-state index in [0.29, 0.717) is 29.0 Å². The van der Waals surface area contributed by atoms with Crippen molar-refractivity contribution in [2.75, 3.05) is 27.4 Å². The number of carbonyl (C=O) groups excluding carboxylic acids is 1. The summed E-state index contributed by atoms with van der Waals surface area (Å²) in [5.41, 5.74) is 0.662. The molecule has 1 heterocycles. The molecule has 0 aromatic rings. The molecule has 1 aliphatic heterocycles. The van der Waals surface area contributed by atoms with Crippen LogP contribution in [-0.4, -0.2) is 74.6 Å². The van der Waals surface area contributed by atoms with E-state index < -0.39 is 22.0 Å². The molecule has 1 aliphatic rings. The fourth-order valence-electron chi connectivity index (χ4n) is 6.55. The molecule has 0 radical (unpaired) electrons. The van der Waals surface area contributed by atoms with Gasteiger partial charge >= 0.3 is 5.97 Å². The fraction of sp³-hybridized carbons (Fsp3) is 0.971. The number of ether oxygens (including phenoxy) is 4. The summed E-state index contributed by atoms with van der Waals surface area (Å²) in [6.07, 6.45) is 1.21. The standard InChI is InChI=1S/C34H70O7Si2/c1-23(2)43(24(3)4,25(5)6)41-28(18-19-38-32(35)33(8,9)10)31(37-15)30-27(21-29(36-14)40-30)20-26(7)22-39-42(16,17)34(11,12)13/h23-31H,18-22H2,1-17H3/t26-,27-,28-,29+,30+,31+/m1/s1. The highest BCUT2D eigenvalue weighted by atomic mass is 28.4. The number of rotatable bonds is 17. The predicted octanol–water partition coefficient (Wildman–Crippen LogP) is 8.97. The van der Waals surface area contributed by atoms with Crippen LogP contribution < -0.4 is 0 Å². The van der Waals surface area contributed by atoms with Gasteiger partial charge < -0.3 is 27.8 Å². The zero-order valence-corrected chi connectivity index (χ0v) is 33.1. The van der Waals surface area contributed by atoms with Gasteiger partial charge in [0.1, 0.15) is 6.10 Å². The minimum Gasteiger partial charge on any atom is -0.465 e. The summed E-state index contributed by atoms with van der Waals surface area (Å²) in [5.74, 6) is 0.385. The summed E-state index contributed by atoms with van der Waals surface area (Å²) >= 11 is 0. The molecule has 0 N–H and O–H groups in total. The van der Waals surface area contributed by atoms with E-state index in [9.17, 15) is 4.79 Å². The zero-order chi connectivity index (χ0) is 33.6. The van der Waals surface area contributed by atoms with Crippen molar-refractivity contribution in [2.45, 2.75) is 169 Å². The normalized spacial score (nSPS) is 22.8. The van der Waals surface area contributed by atoms with E-state index in [-0.39, 0.29) is 48.1 Å². The number of esters is 1. The molecule has 0 amide bonds. The van der Waals surface area contributed by atoms with Gasteiger partial charge in [0.15, 0.2) is 14.6 Å². The summed E-state index contributed by atoms with van der Waals surface area (Å²) in [7, 11) is -0.658. The second kappa shape index (κ2) is 16.5. The molecule has 6 atom stereocenters. The molecule has 0 aromatic heterocycles. The highest BCUT2D eigenvalue weighted by Crippen LogP contribution is 2.45. The zero-order valence-electron chi connectivity index (χ0n) is 31.1. The molecule has 256 valence electrons. The fourth-order valence-corrected chi connectivity index (χ4v) is 13.3. The largest absolute Gasteiger partial charge is 0.465 e. The van der Waals surface area contributed by atoms with Crippen molar-refractivity contribution < 1.29 is 32.6 Å². The summed E-state index contributed by atoms with van der Waals surface area (Å²) in [5, 5.41) is 0.175. The highest BCUT2D eigenvalue weighted by Gasteiger charge is 2.51. The second-order valence-corrected chi connectivity index (χ2v) is 26.7. The Hall–Kier alpha value is -0.296. The first-order valence-corrected chi connectivity index (χ1v) is 21.8. The van der Waals surface area contributed by atoms with Crippen LogP contribution in [0.25, 0.3) is 0 Å². The van der Waals surface area contributed by atoms with Crippen LogP contribution in [0.5, 0.6) is 0 Å². The quantitative estimate of drug-likeness (QED) is 0.115. The number of carbonyl (C=O) groups is 1. The van der Waals surface area contributed by atoms with Crippen LogP contribution in [0, 0.1) is 17.3 Å². The molecule has 0 bridgehead atoms. The van der Waals surface area contributed by atoms with Gasteiger partial charge in [-0.05, 0) is 73.8 Å². The van der Waals surface area contributed by atoms with Gasteiger partial charge in [0, 0.05) is 33.7 Å². The lowest BCUT2D eigenvalue weighted by atomic mass is 9.86. The Morgan fingerprint density at radius 1 is 0.907 bits per heavy atom. The molecule has 1 rings (SSSR count).